The Balaban J connectivity index is 2.32. The van der Waals surface area contributed by atoms with E-state index in [4.69, 9.17) is 10.5 Å². The number of carbonyl (C=O) groups is 1. The molecule has 1 unspecified atom stereocenters. The third-order valence-corrected chi connectivity index (χ3v) is 3.49. The smallest absolute Gasteiger partial charge is 0.234 e. The van der Waals surface area contributed by atoms with Gasteiger partial charge in [0.15, 0.2) is 0 Å². The van der Waals surface area contributed by atoms with Gasteiger partial charge < -0.3 is 15.8 Å². The topological polar surface area (TPSA) is 64.4 Å². The summed E-state index contributed by atoms with van der Waals surface area (Å²) in [6, 6.07) is 6.26. The standard InChI is InChI=1S/C15H22N2O2/c1-10(2)11-5-6-14-12(8-11)13(4-3-7-19-14)17-15(18)9-16/h5-6,8,10,13H,3-4,7,9,16H2,1-2H3,(H,17,18). The number of hydrogen-bond acceptors (Lipinski definition) is 3. The van der Waals surface area contributed by atoms with E-state index in [9.17, 15) is 4.79 Å². The van der Waals surface area contributed by atoms with Gasteiger partial charge in [-0.15, -0.1) is 0 Å². The summed E-state index contributed by atoms with van der Waals surface area (Å²) >= 11 is 0. The molecule has 0 saturated carbocycles. The summed E-state index contributed by atoms with van der Waals surface area (Å²) in [7, 11) is 0. The van der Waals surface area contributed by atoms with E-state index < -0.39 is 0 Å². The van der Waals surface area contributed by atoms with Crippen LogP contribution in [0.1, 0.15) is 49.8 Å². The van der Waals surface area contributed by atoms with Crippen LogP contribution >= 0.6 is 0 Å². The lowest BCUT2D eigenvalue weighted by Crippen LogP contribution is -2.33. The zero-order valence-electron chi connectivity index (χ0n) is 11.6. The molecular formula is C15H22N2O2. The molecule has 2 rings (SSSR count). The van der Waals surface area contributed by atoms with E-state index >= 15 is 0 Å². The second kappa shape index (κ2) is 6.06. The Kier molecular flexibility index (Phi) is 4.43. The van der Waals surface area contributed by atoms with Crippen LogP contribution in [0.15, 0.2) is 18.2 Å². The minimum Gasteiger partial charge on any atom is -0.493 e. The average molecular weight is 262 g/mol. The molecule has 1 aromatic rings. The van der Waals surface area contributed by atoms with Gasteiger partial charge in [-0.1, -0.05) is 19.9 Å². The fraction of sp³-hybridized carbons (Fsp3) is 0.533. The van der Waals surface area contributed by atoms with Gasteiger partial charge >= 0.3 is 0 Å². The van der Waals surface area contributed by atoms with Gasteiger partial charge in [-0.05, 0) is 36.5 Å². The highest BCUT2D eigenvalue weighted by atomic mass is 16.5. The van der Waals surface area contributed by atoms with E-state index in [1.165, 1.54) is 5.56 Å². The molecule has 1 aliphatic rings. The maximum absolute atomic E-state index is 11.5. The molecule has 3 N–H and O–H groups in total. The third kappa shape index (κ3) is 3.26. The van der Waals surface area contributed by atoms with Crippen LogP contribution in [-0.4, -0.2) is 19.1 Å². The monoisotopic (exact) mass is 262 g/mol. The second-order valence-corrected chi connectivity index (χ2v) is 5.27. The Morgan fingerprint density at radius 1 is 1.53 bits per heavy atom. The van der Waals surface area contributed by atoms with Crippen LogP contribution in [0.5, 0.6) is 5.75 Å². The van der Waals surface area contributed by atoms with Crippen molar-refractivity contribution in [1.29, 1.82) is 0 Å². The van der Waals surface area contributed by atoms with Crippen molar-refractivity contribution in [2.75, 3.05) is 13.2 Å². The van der Waals surface area contributed by atoms with Gasteiger partial charge in [0.1, 0.15) is 5.75 Å². The number of rotatable bonds is 3. The Bertz CT molecular complexity index is 457. The van der Waals surface area contributed by atoms with Crippen LogP contribution in [0.2, 0.25) is 0 Å². The number of amides is 1. The summed E-state index contributed by atoms with van der Waals surface area (Å²) in [5.41, 5.74) is 7.72. The number of benzene rings is 1. The Labute approximate surface area is 114 Å². The third-order valence-electron chi connectivity index (χ3n) is 3.49. The summed E-state index contributed by atoms with van der Waals surface area (Å²) in [5, 5.41) is 2.99. The predicted octanol–water partition coefficient (Wildman–Crippen LogP) is 2.10. The van der Waals surface area contributed by atoms with Gasteiger partial charge in [0.2, 0.25) is 5.91 Å². The van der Waals surface area contributed by atoms with E-state index in [-0.39, 0.29) is 18.5 Å². The molecule has 0 bridgehead atoms. The van der Waals surface area contributed by atoms with E-state index in [1.807, 2.05) is 6.07 Å². The molecular weight excluding hydrogens is 240 g/mol. The first-order chi connectivity index (χ1) is 9.11. The normalized spacial score (nSPS) is 18.4. The van der Waals surface area contributed by atoms with E-state index in [0.717, 1.165) is 24.2 Å². The van der Waals surface area contributed by atoms with Gasteiger partial charge in [0.25, 0.3) is 0 Å². The lowest BCUT2D eigenvalue weighted by molar-refractivity contribution is -0.120. The van der Waals surface area contributed by atoms with E-state index in [1.54, 1.807) is 0 Å². The Morgan fingerprint density at radius 2 is 2.32 bits per heavy atom. The molecule has 0 aromatic heterocycles. The van der Waals surface area contributed by atoms with E-state index in [0.29, 0.717) is 12.5 Å². The first kappa shape index (κ1) is 13.9. The number of carbonyl (C=O) groups excluding carboxylic acids is 1. The zero-order chi connectivity index (χ0) is 13.8. The quantitative estimate of drug-likeness (QED) is 0.876. The van der Waals surface area contributed by atoms with Crippen LogP contribution in [0.3, 0.4) is 0 Å². The first-order valence-corrected chi connectivity index (χ1v) is 6.88. The SMILES string of the molecule is CC(C)c1ccc2c(c1)C(NC(=O)CN)CCCO2. The van der Waals surface area contributed by atoms with Crippen molar-refractivity contribution >= 4 is 5.91 Å². The molecule has 1 aromatic carbocycles. The molecule has 0 aliphatic carbocycles. The minimum atomic E-state index is -0.118. The van der Waals surface area contributed by atoms with Crippen LogP contribution in [0.25, 0.3) is 0 Å². The Hall–Kier alpha value is -1.55. The summed E-state index contributed by atoms with van der Waals surface area (Å²) in [6.45, 7) is 5.04. The van der Waals surface area contributed by atoms with Crippen molar-refractivity contribution in [3.63, 3.8) is 0 Å². The average Bonchev–Trinajstić information content (AvgIpc) is 2.60. The lowest BCUT2D eigenvalue weighted by Gasteiger charge is -2.19. The van der Waals surface area contributed by atoms with Crippen LogP contribution in [0.4, 0.5) is 0 Å². The van der Waals surface area contributed by atoms with Gasteiger partial charge in [0, 0.05) is 5.56 Å². The van der Waals surface area contributed by atoms with Gasteiger partial charge in [-0.25, -0.2) is 0 Å². The highest BCUT2D eigenvalue weighted by molar-refractivity contribution is 5.78. The highest BCUT2D eigenvalue weighted by Gasteiger charge is 2.21. The lowest BCUT2D eigenvalue weighted by atomic mass is 9.95. The molecule has 0 fully saturated rings. The number of hydrogen-bond donors (Lipinski definition) is 2. The maximum atomic E-state index is 11.5. The number of ether oxygens (including phenoxy) is 1. The maximum Gasteiger partial charge on any atom is 0.234 e. The zero-order valence-corrected chi connectivity index (χ0v) is 11.6. The molecule has 1 amide bonds. The molecule has 0 spiro atoms. The number of nitrogens with two attached hydrogens (primary N) is 1. The largest absolute Gasteiger partial charge is 0.493 e. The van der Waals surface area contributed by atoms with Gasteiger partial charge in [-0.3, -0.25) is 4.79 Å². The second-order valence-electron chi connectivity index (χ2n) is 5.27. The molecule has 19 heavy (non-hydrogen) atoms. The highest BCUT2D eigenvalue weighted by Crippen LogP contribution is 2.33. The molecule has 4 heteroatoms. The predicted molar refractivity (Wildman–Crippen MR) is 75.2 cm³/mol. The molecule has 1 heterocycles. The molecule has 0 saturated heterocycles. The van der Waals surface area contributed by atoms with Gasteiger partial charge in [-0.2, -0.15) is 0 Å². The Morgan fingerprint density at radius 3 is 3.00 bits per heavy atom. The fourth-order valence-electron chi connectivity index (χ4n) is 2.36. The van der Waals surface area contributed by atoms with Crippen molar-refractivity contribution in [2.45, 2.75) is 38.6 Å². The van der Waals surface area contributed by atoms with Crippen LogP contribution in [-0.2, 0) is 4.79 Å². The summed E-state index contributed by atoms with van der Waals surface area (Å²) in [6.07, 6.45) is 1.82. The number of nitrogens with one attached hydrogen (secondary N) is 1. The van der Waals surface area contributed by atoms with Crippen molar-refractivity contribution in [3.8, 4) is 5.75 Å². The van der Waals surface area contributed by atoms with Crippen molar-refractivity contribution in [3.05, 3.63) is 29.3 Å². The van der Waals surface area contributed by atoms with Crippen LogP contribution < -0.4 is 15.8 Å². The summed E-state index contributed by atoms with van der Waals surface area (Å²) in [5.74, 6) is 1.22. The molecule has 104 valence electrons. The fourth-order valence-corrected chi connectivity index (χ4v) is 2.36. The van der Waals surface area contributed by atoms with Crippen LogP contribution in [0, 0.1) is 0 Å². The minimum absolute atomic E-state index is 0.00671. The first-order valence-electron chi connectivity index (χ1n) is 6.88. The molecule has 0 radical (unpaired) electrons. The molecule has 1 aliphatic heterocycles. The molecule has 4 nitrogen and oxygen atoms in total. The summed E-state index contributed by atoms with van der Waals surface area (Å²) < 4.78 is 5.75. The van der Waals surface area contributed by atoms with E-state index in [2.05, 4.69) is 31.3 Å². The van der Waals surface area contributed by atoms with Crippen molar-refractivity contribution in [1.82, 2.24) is 5.32 Å². The van der Waals surface area contributed by atoms with Gasteiger partial charge in [0.05, 0.1) is 19.2 Å². The number of fused-ring (bicyclic) bond motifs is 1. The van der Waals surface area contributed by atoms with Crippen molar-refractivity contribution in [2.24, 2.45) is 5.73 Å². The van der Waals surface area contributed by atoms with Crippen molar-refractivity contribution < 1.29 is 9.53 Å². The molecule has 1 atom stereocenters. The summed E-state index contributed by atoms with van der Waals surface area (Å²) in [4.78, 5) is 11.5.